The minimum absolute atomic E-state index is 0.225. The van der Waals surface area contributed by atoms with E-state index in [2.05, 4.69) is 56.9 Å². The maximum absolute atomic E-state index is 5.68. The highest BCUT2D eigenvalue weighted by Crippen LogP contribution is 2.32. The van der Waals surface area contributed by atoms with Gasteiger partial charge < -0.3 is 4.74 Å². The number of aromatic nitrogens is 2. The molecule has 0 saturated carbocycles. The van der Waals surface area contributed by atoms with Gasteiger partial charge >= 0.3 is 0 Å². The van der Waals surface area contributed by atoms with Crippen LogP contribution in [0.4, 0.5) is 0 Å². The van der Waals surface area contributed by atoms with E-state index < -0.39 is 0 Å². The van der Waals surface area contributed by atoms with Crippen LogP contribution in [0.3, 0.4) is 0 Å². The first-order chi connectivity index (χ1) is 11.9. The molecule has 130 valence electrons. The molecule has 2 aromatic heterocycles. The number of methoxy groups -OCH3 is 1. The molecular formula is C22H26N2O. The number of ether oxygens (including phenoxy) is 1. The fourth-order valence-corrected chi connectivity index (χ4v) is 3.15. The highest BCUT2D eigenvalue weighted by atomic mass is 16.5. The molecule has 2 heterocycles. The van der Waals surface area contributed by atoms with Crippen LogP contribution >= 0.6 is 0 Å². The lowest BCUT2D eigenvalue weighted by Crippen LogP contribution is -2.25. The number of nitrogens with zero attached hydrogens (tertiary/aromatic N) is 2. The Morgan fingerprint density at radius 3 is 2.44 bits per heavy atom. The number of fused-ring (bicyclic) bond motifs is 1. The molecule has 0 bridgehead atoms. The average Bonchev–Trinajstić information content (AvgIpc) is 2.61. The van der Waals surface area contributed by atoms with Crippen LogP contribution in [0.25, 0.3) is 22.2 Å². The molecule has 0 aliphatic heterocycles. The standard InChI is InChI=1S/C22H26N2O/c1-15(2)18-7-6-8-19-17(14-22(3,4)25-5)13-20(24-21(18)19)16-9-11-23-12-10-16/h6-13,15H,14H2,1-5H3. The Labute approximate surface area is 150 Å². The first-order valence-electron chi connectivity index (χ1n) is 8.79. The summed E-state index contributed by atoms with van der Waals surface area (Å²) in [4.78, 5) is 9.14. The highest BCUT2D eigenvalue weighted by molar-refractivity contribution is 5.88. The molecule has 1 aromatic carbocycles. The van der Waals surface area contributed by atoms with Gasteiger partial charge in [-0.25, -0.2) is 4.98 Å². The molecule has 0 fully saturated rings. The minimum atomic E-state index is -0.225. The Kier molecular flexibility index (Phi) is 4.87. The monoisotopic (exact) mass is 334 g/mol. The van der Waals surface area contributed by atoms with E-state index >= 15 is 0 Å². The van der Waals surface area contributed by atoms with Crippen LogP contribution in [0.5, 0.6) is 0 Å². The van der Waals surface area contributed by atoms with Gasteiger partial charge in [0, 0.05) is 36.9 Å². The number of hydrogen-bond acceptors (Lipinski definition) is 3. The smallest absolute Gasteiger partial charge is 0.0746 e. The molecule has 3 heteroatoms. The second-order valence-corrected chi connectivity index (χ2v) is 7.44. The van der Waals surface area contributed by atoms with Gasteiger partial charge in [0.15, 0.2) is 0 Å². The van der Waals surface area contributed by atoms with Crippen molar-refractivity contribution in [1.82, 2.24) is 9.97 Å². The zero-order valence-electron chi connectivity index (χ0n) is 15.7. The van der Waals surface area contributed by atoms with E-state index in [0.29, 0.717) is 5.92 Å². The third-order valence-electron chi connectivity index (χ3n) is 4.72. The van der Waals surface area contributed by atoms with Gasteiger partial charge in [0.2, 0.25) is 0 Å². The van der Waals surface area contributed by atoms with E-state index in [4.69, 9.17) is 9.72 Å². The molecule has 0 saturated heterocycles. The zero-order chi connectivity index (χ0) is 18.0. The first-order valence-corrected chi connectivity index (χ1v) is 8.79. The summed E-state index contributed by atoms with van der Waals surface area (Å²) in [6.45, 7) is 8.68. The molecule has 25 heavy (non-hydrogen) atoms. The van der Waals surface area contributed by atoms with Gasteiger partial charge in [0.1, 0.15) is 0 Å². The van der Waals surface area contributed by atoms with Crippen molar-refractivity contribution >= 4 is 10.9 Å². The van der Waals surface area contributed by atoms with Crippen molar-refractivity contribution in [2.75, 3.05) is 7.11 Å². The second kappa shape index (κ2) is 6.93. The Balaban J connectivity index is 2.27. The van der Waals surface area contributed by atoms with Crippen LogP contribution in [0.2, 0.25) is 0 Å². The molecule has 0 aliphatic rings. The van der Waals surface area contributed by atoms with Gasteiger partial charge in [0.05, 0.1) is 16.8 Å². The fourth-order valence-electron chi connectivity index (χ4n) is 3.15. The molecular weight excluding hydrogens is 308 g/mol. The van der Waals surface area contributed by atoms with Crippen molar-refractivity contribution in [1.29, 1.82) is 0 Å². The third kappa shape index (κ3) is 3.72. The van der Waals surface area contributed by atoms with Crippen molar-refractivity contribution in [3.8, 4) is 11.3 Å². The molecule has 0 amide bonds. The highest BCUT2D eigenvalue weighted by Gasteiger charge is 2.21. The van der Waals surface area contributed by atoms with Crippen molar-refractivity contribution in [2.24, 2.45) is 0 Å². The summed E-state index contributed by atoms with van der Waals surface area (Å²) in [7, 11) is 1.77. The van der Waals surface area contributed by atoms with Gasteiger partial charge in [-0.1, -0.05) is 32.0 Å². The van der Waals surface area contributed by atoms with E-state index in [1.807, 2.05) is 24.5 Å². The summed E-state index contributed by atoms with van der Waals surface area (Å²) >= 11 is 0. The SMILES string of the molecule is COC(C)(C)Cc1cc(-c2ccncc2)nc2c(C(C)C)cccc12. The number of pyridine rings is 2. The van der Waals surface area contributed by atoms with Gasteiger partial charge in [0.25, 0.3) is 0 Å². The van der Waals surface area contributed by atoms with E-state index in [1.165, 1.54) is 16.5 Å². The van der Waals surface area contributed by atoms with Gasteiger partial charge in [-0.3, -0.25) is 4.98 Å². The lowest BCUT2D eigenvalue weighted by molar-refractivity contribution is 0.0235. The largest absolute Gasteiger partial charge is 0.378 e. The number of para-hydroxylation sites is 1. The van der Waals surface area contributed by atoms with Gasteiger partial charge in [-0.15, -0.1) is 0 Å². The summed E-state index contributed by atoms with van der Waals surface area (Å²) < 4.78 is 5.68. The Hall–Kier alpha value is -2.26. The summed E-state index contributed by atoms with van der Waals surface area (Å²) in [5.41, 5.74) is 5.50. The first kappa shape index (κ1) is 17.6. The summed E-state index contributed by atoms with van der Waals surface area (Å²) in [6, 6.07) is 12.7. The van der Waals surface area contributed by atoms with E-state index in [-0.39, 0.29) is 5.60 Å². The molecule has 0 unspecified atom stereocenters. The second-order valence-electron chi connectivity index (χ2n) is 7.44. The van der Waals surface area contributed by atoms with E-state index in [0.717, 1.165) is 23.2 Å². The summed E-state index contributed by atoms with van der Waals surface area (Å²) in [5, 5.41) is 1.22. The lowest BCUT2D eigenvalue weighted by Gasteiger charge is -2.24. The van der Waals surface area contributed by atoms with Crippen LogP contribution < -0.4 is 0 Å². The molecule has 0 spiro atoms. The van der Waals surface area contributed by atoms with Crippen molar-refractivity contribution in [3.05, 3.63) is 59.9 Å². The summed E-state index contributed by atoms with van der Waals surface area (Å²) in [5.74, 6) is 0.423. The molecule has 0 atom stereocenters. The molecule has 0 radical (unpaired) electrons. The minimum Gasteiger partial charge on any atom is -0.378 e. The van der Waals surface area contributed by atoms with Crippen molar-refractivity contribution in [3.63, 3.8) is 0 Å². The van der Waals surface area contributed by atoms with Crippen LogP contribution in [0, 0.1) is 0 Å². The molecule has 0 aliphatic carbocycles. The maximum atomic E-state index is 5.68. The quantitative estimate of drug-likeness (QED) is 0.627. The Morgan fingerprint density at radius 1 is 1.08 bits per heavy atom. The predicted octanol–water partition coefficient (Wildman–Crippen LogP) is 5.39. The Bertz CT molecular complexity index is 870. The van der Waals surface area contributed by atoms with Crippen LogP contribution in [-0.2, 0) is 11.2 Å². The zero-order valence-corrected chi connectivity index (χ0v) is 15.7. The maximum Gasteiger partial charge on any atom is 0.0746 e. The average molecular weight is 334 g/mol. The number of hydrogen-bond donors (Lipinski definition) is 0. The van der Waals surface area contributed by atoms with Gasteiger partial charge in [-0.2, -0.15) is 0 Å². The Morgan fingerprint density at radius 2 is 1.80 bits per heavy atom. The van der Waals surface area contributed by atoms with E-state index in [9.17, 15) is 0 Å². The van der Waals surface area contributed by atoms with Crippen LogP contribution in [0.1, 0.15) is 44.7 Å². The molecule has 0 N–H and O–H groups in total. The van der Waals surface area contributed by atoms with Crippen LogP contribution in [-0.4, -0.2) is 22.7 Å². The lowest BCUT2D eigenvalue weighted by atomic mass is 9.91. The van der Waals surface area contributed by atoms with Crippen molar-refractivity contribution < 1.29 is 4.74 Å². The van der Waals surface area contributed by atoms with Crippen LogP contribution in [0.15, 0.2) is 48.8 Å². The molecule has 3 nitrogen and oxygen atoms in total. The fraction of sp³-hybridized carbons (Fsp3) is 0.364. The summed E-state index contributed by atoms with van der Waals surface area (Å²) in [6.07, 6.45) is 4.46. The van der Waals surface area contributed by atoms with E-state index in [1.54, 1.807) is 7.11 Å². The number of rotatable bonds is 5. The van der Waals surface area contributed by atoms with Gasteiger partial charge in [-0.05, 0) is 49.1 Å². The number of benzene rings is 1. The topological polar surface area (TPSA) is 35.0 Å². The molecule has 3 rings (SSSR count). The molecule has 3 aromatic rings. The van der Waals surface area contributed by atoms with Crippen molar-refractivity contribution in [2.45, 2.75) is 45.6 Å². The third-order valence-corrected chi connectivity index (χ3v) is 4.72. The normalized spacial score (nSPS) is 12.1. The predicted molar refractivity (Wildman–Crippen MR) is 104 cm³/mol.